The molecule has 0 saturated carbocycles. The van der Waals surface area contributed by atoms with Crippen molar-refractivity contribution in [3.63, 3.8) is 0 Å². The van der Waals surface area contributed by atoms with E-state index >= 15 is 0 Å². The van der Waals surface area contributed by atoms with E-state index in [1.54, 1.807) is 31.5 Å². The van der Waals surface area contributed by atoms with Crippen molar-refractivity contribution < 1.29 is 4.74 Å². The highest BCUT2D eigenvalue weighted by Crippen LogP contribution is 2.31. The standard InChI is InChI=1S/C21H16Cl2N4OS/c1-28-20-5-4-12(17-11-18-16(26-17)3-2-6-24-18)7-19(20)27-21(29)25-15-9-13(22)8-14(23)10-15/h2-10H,11H2,1H3,(H2,25,27,29). The van der Waals surface area contributed by atoms with Gasteiger partial charge in [0, 0.05) is 28.4 Å². The molecule has 0 unspecified atom stereocenters. The quantitative estimate of drug-likeness (QED) is 0.493. The van der Waals surface area contributed by atoms with E-state index in [0.29, 0.717) is 33.0 Å². The van der Waals surface area contributed by atoms with Gasteiger partial charge in [0.2, 0.25) is 0 Å². The van der Waals surface area contributed by atoms with Crippen LogP contribution < -0.4 is 15.4 Å². The van der Waals surface area contributed by atoms with Crippen LogP contribution in [0.15, 0.2) is 59.7 Å². The summed E-state index contributed by atoms with van der Waals surface area (Å²) in [6.45, 7) is 0. The molecule has 4 rings (SSSR count). The predicted molar refractivity (Wildman–Crippen MR) is 123 cm³/mol. The second-order valence-electron chi connectivity index (χ2n) is 6.36. The number of halogens is 2. The smallest absolute Gasteiger partial charge is 0.175 e. The molecule has 1 aromatic heterocycles. The fourth-order valence-electron chi connectivity index (χ4n) is 3.07. The Morgan fingerprint density at radius 1 is 1.07 bits per heavy atom. The number of aliphatic imine (C=N–C) groups is 1. The fourth-order valence-corrected chi connectivity index (χ4v) is 3.83. The molecule has 0 saturated heterocycles. The molecule has 2 aromatic carbocycles. The molecule has 0 spiro atoms. The number of aromatic nitrogens is 1. The molecule has 8 heteroatoms. The van der Waals surface area contributed by atoms with E-state index in [1.807, 2.05) is 30.3 Å². The number of anilines is 2. The molecule has 0 bridgehead atoms. The Kier molecular flexibility index (Phi) is 5.67. The van der Waals surface area contributed by atoms with E-state index < -0.39 is 0 Å². The minimum atomic E-state index is 0.386. The topological polar surface area (TPSA) is 58.5 Å². The molecule has 0 amide bonds. The minimum absolute atomic E-state index is 0.386. The normalized spacial score (nSPS) is 12.2. The summed E-state index contributed by atoms with van der Waals surface area (Å²) < 4.78 is 5.47. The summed E-state index contributed by atoms with van der Waals surface area (Å²) in [4.78, 5) is 9.09. The number of hydrogen-bond acceptors (Lipinski definition) is 4. The lowest BCUT2D eigenvalue weighted by Crippen LogP contribution is -2.19. The Hall–Kier alpha value is -2.67. The minimum Gasteiger partial charge on any atom is -0.495 e. The third-order valence-electron chi connectivity index (χ3n) is 4.36. The number of nitrogens with one attached hydrogen (secondary N) is 2. The van der Waals surface area contributed by atoms with Gasteiger partial charge in [-0.1, -0.05) is 23.2 Å². The number of fused-ring (bicyclic) bond motifs is 1. The van der Waals surface area contributed by atoms with Gasteiger partial charge in [-0.15, -0.1) is 0 Å². The van der Waals surface area contributed by atoms with Gasteiger partial charge in [-0.05, 0) is 66.3 Å². The van der Waals surface area contributed by atoms with Crippen LogP contribution in [-0.2, 0) is 6.42 Å². The average molecular weight is 443 g/mol. The first-order valence-corrected chi connectivity index (χ1v) is 9.92. The highest BCUT2D eigenvalue weighted by molar-refractivity contribution is 7.80. The van der Waals surface area contributed by atoms with Crippen molar-refractivity contribution >= 4 is 63.3 Å². The molecule has 3 aromatic rings. The lowest BCUT2D eigenvalue weighted by Gasteiger charge is -2.15. The van der Waals surface area contributed by atoms with E-state index in [0.717, 1.165) is 28.3 Å². The number of ether oxygens (including phenoxy) is 1. The van der Waals surface area contributed by atoms with Crippen LogP contribution in [0.4, 0.5) is 17.1 Å². The summed E-state index contributed by atoms with van der Waals surface area (Å²) in [6, 6.07) is 14.8. The monoisotopic (exact) mass is 442 g/mol. The maximum Gasteiger partial charge on any atom is 0.175 e. The van der Waals surface area contributed by atoms with Crippen molar-refractivity contribution in [2.75, 3.05) is 17.7 Å². The summed E-state index contributed by atoms with van der Waals surface area (Å²) in [6.07, 6.45) is 2.47. The van der Waals surface area contributed by atoms with Gasteiger partial charge in [0.05, 0.1) is 29.9 Å². The first kappa shape index (κ1) is 19.6. The molecular formula is C21H16Cl2N4OS. The molecule has 1 aliphatic rings. The van der Waals surface area contributed by atoms with Gasteiger partial charge in [0.1, 0.15) is 5.75 Å². The van der Waals surface area contributed by atoms with Crippen LogP contribution in [0, 0.1) is 0 Å². The number of benzene rings is 2. The molecule has 5 nitrogen and oxygen atoms in total. The number of thiocarbonyl (C=S) groups is 1. The SMILES string of the molecule is COc1ccc(C2=Nc3cccnc3C2)cc1NC(=S)Nc1cc(Cl)cc(Cl)c1. The van der Waals surface area contributed by atoms with Gasteiger partial charge >= 0.3 is 0 Å². The van der Waals surface area contributed by atoms with Crippen molar-refractivity contribution in [1.82, 2.24) is 4.98 Å². The highest BCUT2D eigenvalue weighted by atomic mass is 35.5. The van der Waals surface area contributed by atoms with E-state index in [4.69, 9.17) is 45.1 Å². The molecule has 146 valence electrons. The molecule has 2 heterocycles. The van der Waals surface area contributed by atoms with Crippen molar-refractivity contribution in [2.45, 2.75) is 6.42 Å². The second-order valence-corrected chi connectivity index (χ2v) is 7.64. The van der Waals surface area contributed by atoms with E-state index in [-0.39, 0.29) is 0 Å². The molecule has 2 N–H and O–H groups in total. The molecular weight excluding hydrogens is 427 g/mol. The number of hydrogen-bond donors (Lipinski definition) is 2. The fraction of sp³-hybridized carbons (Fsp3) is 0.0952. The Bertz CT molecular complexity index is 1110. The Labute approximate surface area is 183 Å². The molecule has 0 aliphatic carbocycles. The zero-order chi connectivity index (χ0) is 20.4. The third kappa shape index (κ3) is 4.50. The highest BCUT2D eigenvalue weighted by Gasteiger charge is 2.18. The molecule has 0 radical (unpaired) electrons. The van der Waals surface area contributed by atoms with Crippen molar-refractivity contribution in [3.8, 4) is 5.75 Å². The van der Waals surface area contributed by atoms with Gasteiger partial charge in [-0.2, -0.15) is 0 Å². The van der Waals surface area contributed by atoms with Crippen LogP contribution in [0.3, 0.4) is 0 Å². The van der Waals surface area contributed by atoms with Crippen molar-refractivity contribution in [1.29, 1.82) is 0 Å². The van der Waals surface area contributed by atoms with Crippen LogP contribution in [-0.4, -0.2) is 22.9 Å². The summed E-state index contributed by atoms with van der Waals surface area (Å²) in [7, 11) is 1.61. The first-order chi connectivity index (χ1) is 14.0. The van der Waals surface area contributed by atoms with E-state index in [9.17, 15) is 0 Å². The van der Waals surface area contributed by atoms with Gasteiger partial charge in [-0.3, -0.25) is 9.98 Å². The number of methoxy groups -OCH3 is 1. The lowest BCUT2D eigenvalue weighted by molar-refractivity contribution is 0.417. The zero-order valence-electron chi connectivity index (χ0n) is 15.4. The van der Waals surface area contributed by atoms with Gasteiger partial charge < -0.3 is 15.4 Å². The summed E-state index contributed by atoms with van der Waals surface area (Å²) >= 11 is 17.5. The number of nitrogens with zero attached hydrogens (tertiary/aromatic N) is 2. The maximum atomic E-state index is 6.05. The summed E-state index contributed by atoms with van der Waals surface area (Å²) in [5.74, 6) is 0.663. The first-order valence-electron chi connectivity index (χ1n) is 8.76. The van der Waals surface area contributed by atoms with Gasteiger partial charge in [0.15, 0.2) is 5.11 Å². The van der Waals surface area contributed by atoms with Crippen molar-refractivity contribution in [2.24, 2.45) is 4.99 Å². The van der Waals surface area contributed by atoms with Gasteiger partial charge in [0.25, 0.3) is 0 Å². The molecule has 0 fully saturated rings. The van der Waals surface area contributed by atoms with Crippen LogP contribution in [0.2, 0.25) is 10.0 Å². The summed E-state index contributed by atoms with van der Waals surface area (Å²) in [5, 5.41) is 7.69. The second kappa shape index (κ2) is 8.37. The van der Waals surface area contributed by atoms with Crippen molar-refractivity contribution in [3.05, 3.63) is 76.0 Å². The Morgan fingerprint density at radius 3 is 2.59 bits per heavy atom. The van der Waals surface area contributed by atoms with Gasteiger partial charge in [-0.25, -0.2) is 0 Å². The Morgan fingerprint density at radius 2 is 1.86 bits per heavy atom. The zero-order valence-corrected chi connectivity index (χ0v) is 17.7. The van der Waals surface area contributed by atoms with E-state index in [1.165, 1.54) is 0 Å². The van der Waals surface area contributed by atoms with Crippen LogP contribution in [0.1, 0.15) is 11.3 Å². The largest absolute Gasteiger partial charge is 0.495 e. The molecule has 0 atom stereocenters. The third-order valence-corrected chi connectivity index (χ3v) is 5.00. The molecule has 29 heavy (non-hydrogen) atoms. The van der Waals surface area contributed by atoms with Crippen LogP contribution in [0.5, 0.6) is 5.75 Å². The number of rotatable bonds is 4. The predicted octanol–water partition coefficient (Wildman–Crippen LogP) is 5.88. The molecule has 1 aliphatic heterocycles. The van der Waals surface area contributed by atoms with Crippen LogP contribution >= 0.6 is 35.4 Å². The number of pyridine rings is 1. The lowest BCUT2D eigenvalue weighted by atomic mass is 10.1. The van der Waals surface area contributed by atoms with Crippen LogP contribution in [0.25, 0.3) is 0 Å². The maximum absolute atomic E-state index is 6.05. The summed E-state index contributed by atoms with van der Waals surface area (Å²) in [5.41, 5.74) is 5.22. The average Bonchev–Trinajstić information content (AvgIpc) is 3.11. The Balaban J connectivity index is 1.55. The van der Waals surface area contributed by atoms with E-state index in [2.05, 4.69) is 15.6 Å².